The van der Waals surface area contributed by atoms with Crippen molar-refractivity contribution in [2.24, 2.45) is 0 Å². The van der Waals surface area contributed by atoms with Crippen molar-refractivity contribution in [1.82, 2.24) is 4.90 Å². The lowest BCUT2D eigenvalue weighted by Gasteiger charge is -2.32. The van der Waals surface area contributed by atoms with Crippen LogP contribution in [0.3, 0.4) is 0 Å². The molecular weight excluding hydrogens is 312 g/mol. The van der Waals surface area contributed by atoms with Gasteiger partial charge in [-0.05, 0) is 50.9 Å². The van der Waals surface area contributed by atoms with E-state index < -0.39 is 0 Å². The van der Waals surface area contributed by atoms with Gasteiger partial charge >= 0.3 is 7.12 Å². The number of hydrogen-bond donors (Lipinski definition) is 0. The van der Waals surface area contributed by atoms with Crippen molar-refractivity contribution in [2.75, 3.05) is 26.3 Å². The van der Waals surface area contributed by atoms with Crippen LogP contribution in [0.1, 0.15) is 33.3 Å². The Kier molecular flexibility index (Phi) is 4.78. The van der Waals surface area contributed by atoms with Gasteiger partial charge in [-0.3, -0.25) is 4.90 Å². The van der Waals surface area contributed by atoms with Gasteiger partial charge in [-0.2, -0.15) is 0 Å². The summed E-state index contributed by atoms with van der Waals surface area (Å²) in [6, 6.07) is 5.96. The van der Waals surface area contributed by atoms with Gasteiger partial charge < -0.3 is 14.0 Å². The number of halogens is 1. The summed E-state index contributed by atoms with van der Waals surface area (Å²) in [5.41, 5.74) is 1.55. The molecule has 0 atom stereocenters. The third kappa shape index (κ3) is 3.59. The predicted octanol–water partition coefficient (Wildman–Crippen LogP) is 2.47. The highest BCUT2D eigenvalue weighted by Gasteiger charge is 2.52. The molecule has 2 aliphatic heterocycles. The van der Waals surface area contributed by atoms with E-state index in [-0.39, 0.29) is 18.3 Å². The highest BCUT2D eigenvalue weighted by Crippen LogP contribution is 2.36. The first kappa shape index (κ1) is 17.2. The van der Waals surface area contributed by atoms with Gasteiger partial charge in [-0.15, -0.1) is 0 Å². The zero-order valence-corrected chi connectivity index (χ0v) is 15.2. The van der Waals surface area contributed by atoms with Crippen LogP contribution in [-0.2, 0) is 20.6 Å². The Morgan fingerprint density at radius 3 is 2.30 bits per heavy atom. The summed E-state index contributed by atoms with van der Waals surface area (Å²) in [4.78, 5) is 2.38. The minimum Gasteiger partial charge on any atom is -0.399 e. The molecule has 0 bridgehead atoms. The lowest BCUT2D eigenvalue weighted by molar-refractivity contribution is 0.00578. The summed E-state index contributed by atoms with van der Waals surface area (Å²) in [6.07, 6.45) is 0. The zero-order chi connectivity index (χ0) is 16.7. The van der Waals surface area contributed by atoms with E-state index in [0.29, 0.717) is 0 Å². The number of nitrogens with zero attached hydrogens (tertiary/aromatic N) is 1. The molecule has 2 saturated heterocycles. The van der Waals surface area contributed by atoms with Crippen LogP contribution in [0.4, 0.5) is 0 Å². The van der Waals surface area contributed by atoms with Crippen LogP contribution in [-0.4, -0.2) is 49.5 Å². The topological polar surface area (TPSA) is 30.9 Å². The molecule has 4 nitrogen and oxygen atoms in total. The largest absolute Gasteiger partial charge is 0.495 e. The minimum atomic E-state index is -0.353. The van der Waals surface area contributed by atoms with Crippen LogP contribution in [0.15, 0.2) is 18.2 Å². The molecule has 6 heteroatoms. The first-order valence-corrected chi connectivity index (χ1v) is 8.60. The minimum absolute atomic E-state index is 0.340. The van der Waals surface area contributed by atoms with Crippen LogP contribution in [0.5, 0.6) is 0 Å². The third-order valence-electron chi connectivity index (χ3n) is 5.11. The normalized spacial score (nSPS) is 24.1. The van der Waals surface area contributed by atoms with E-state index in [0.717, 1.165) is 48.9 Å². The second-order valence-electron chi connectivity index (χ2n) is 7.32. The first-order chi connectivity index (χ1) is 10.8. The van der Waals surface area contributed by atoms with Gasteiger partial charge in [0.1, 0.15) is 0 Å². The second-order valence-corrected chi connectivity index (χ2v) is 7.76. The molecule has 0 N–H and O–H groups in total. The molecule has 2 heterocycles. The second kappa shape index (κ2) is 6.38. The lowest BCUT2D eigenvalue weighted by atomic mass is 9.76. The molecule has 0 aliphatic carbocycles. The smallest absolute Gasteiger partial charge is 0.399 e. The van der Waals surface area contributed by atoms with Gasteiger partial charge in [0.25, 0.3) is 0 Å². The zero-order valence-electron chi connectivity index (χ0n) is 14.4. The molecule has 1 aromatic rings. The van der Waals surface area contributed by atoms with E-state index in [2.05, 4.69) is 32.6 Å². The average Bonchev–Trinajstić information content (AvgIpc) is 2.68. The van der Waals surface area contributed by atoms with Crippen LogP contribution < -0.4 is 5.46 Å². The molecule has 0 spiro atoms. The maximum absolute atomic E-state index is 6.23. The van der Waals surface area contributed by atoms with Crippen molar-refractivity contribution in [3.05, 3.63) is 28.8 Å². The van der Waals surface area contributed by atoms with Crippen LogP contribution in [0.2, 0.25) is 5.02 Å². The quantitative estimate of drug-likeness (QED) is 0.793. The molecule has 0 amide bonds. The van der Waals surface area contributed by atoms with Crippen LogP contribution in [0.25, 0.3) is 0 Å². The SMILES string of the molecule is CC1(C)OB(c2ccc(Cl)cc2CN2CCOCC2)OC1(C)C. The van der Waals surface area contributed by atoms with Crippen molar-refractivity contribution in [3.8, 4) is 0 Å². The molecule has 2 aliphatic rings. The summed E-state index contributed by atoms with van der Waals surface area (Å²) >= 11 is 6.23. The highest BCUT2D eigenvalue weighted by molar-refractivity contribution is 6.62. The Bertz CT molecular complexity index is 557. The van der Waals surface area contributed by atoms with Crippen molar-refractivity contribution in [3.63, 3.8) is 0 Å². The summed E-state index contributed by atoms with van der Waals surface area (Å²) in [5.74, 6) is 0. The summed E-state index contributed by atoms with van der Waals surface area (Å²) in [7, 11) is -0.353. The third-order valence-corrected chi connectivity index (χ3v) is 5.34. The Hall–Kier alpha value is -0.585. The van der Waals surface area contributed by atoms with Crippen molar-refractivity contribution in [2.45, 2.75) is 45.4 Å². The van der Waals surface area contributed by atoms with E-state index in [1.165, 1.54) is 0 Å². The number of morpholine rings is 1. The summed E-state index contributed by atoms with van der Waals surface area (Å²) in [5, 5.41) is 0.744. The van der Waals surface area contributed by atoms with Crippen molar-refractivity contribution >= 4 is 24.2 Å². The number of hydrogen-bond acceptors (Lipinski definition) is 4. The maximum atomic E-state index is 6.23. The van der Waals surface area contributed by atoms with Crippen molar-refractivity contribution < 1.29 is 14.0 Å². The molecule has 0 radical (unpaired) electrons. The summed E-state index contributed by atoms with van der Waals surface area (Å²) in [6.45, 7) is 12.6. The van der Waals surface area contributed by atoms with Gasteiger partial charge in [0.15, 0.2) is 0 Å². The fourth-order valence-corrected chi connectivity index (χ4v) is 3.11. The van der Waals surface area contributed by atoms with Gasteiger partial charge in [0.2, 0.25) is 0 Å². The molecule has 1 aromatic carbocycles. The van der Waals surface area contributed by atoms with Crippen LogP contribution in [0, 0.1) is 0 Å². The molecule has 23 heavy (non-hydrogen) atoms. The Labute approximate surface area is 144 Å². The van der Waals surface area contributed by atoms with Gasteiger partial charge in [0.05, 0.1) is 24.4 Å². The van der Waals surface area contributed by atoms with E-state index >= 15 is 0 Å². The Balaban J connectivity index is 1.85. The van der Waals surface area contributed by atoms with Crippen molar-refractivity contribution in [1.29, 1.82) is 0 Å². The van der Waals surface area contributed by atoms with Gasteiger partial charge in [-0.25, -0.2) is 0 Å². The van der Waals surface area contributed by atoms with Gasteiger partial charge in [0, 0.05) is 24.7 Å². The van der Waals surface area contributed by atoms with Gasteiger partial charge in [-0.1, -0.05) is 17.7 Å². The molecular formula is C17H25BClNO3. The predicted molar refractivity (Wildman–Crippen MR) is 93.3 cm³/mol. The lowest BCUT2D eigenvalue weighted by Crippen LogP contribution is -2.41. The molecule has 3 rings (SSSR count). The average molecular weight is 338 g/mol. The standard InChI is InChI=1S/C17H25BClNO3/c1-16(2)17(3,4)23-18(22-16)15-6-5-14(19)11-13(15)12-20-7-9-21-10-8-20/h5-6,11H,7-10,12H2,1-4H3. The number of rotatable bonds is 3. The number of benzene rings is 1. The van der Waals surface area contributed by atoms with E-state index in [9.17, 15) is 0 Å². The molecule has 0 unspecified atom stereocenters. The fourth-order valence-electron chi connectivity index (χ4n) is 2.91. The highest BCUT2D eigenvalue weighted by atomic mass is 35.5. The first-order valence-electron chi connectivity index (χ1n) is 8.22. The number of ether oxygens (including phenoxy) is 1. The fraction of sp³-hybridized carbons (Fsp3) is 0.647. The molecule has 0 saturated carbocycles. The monoisotopic (exact) mass is 337 g/mol. The van der Waals surface area contributed by atoms with E-state index in [1.54, 1.807) is 0 Å². The molecule has 0 aromatic heterocycles. The van der Waals surface area contributed by atoms with E-state index in [4.69, 9.17) is 25.6 Å². The summed E-state index contributed by atoms with van der Waals surface area (Å²) < 4.78 is 17.9. The Morgan fingerprint density at radius 2 is 1.70 bits per heavy atom. The maximum Gasteiger partial charge on any atom is 0.495 e. The van der Waals surface area contributed by atoms with Crippen LogP contribution >= 0.6 is 11.6 Å². The molecule has 2 fully saturated rings. The van der Waals surface area contributed by atoms with E-state index in [1.807, 2.05) is 18.2 Å². The molecule has 126 valence electrons. The Morgan fingerprint density at radius 1 is 1.09 bits per heavy atom.